The van der Waals surface area contributed by atoms with Gasteiger partial charge in [0.1, 0.15) is 26.1 Å². The van der Waals surface area contributed by atoms with Gasteiger partial charge in [0.15, 0.2) is 0 Å². The monoisotopic (exact) mass is 937 g/mol. The maximum Gasteiger partial charge on any atom is 1.00 e. The van der Waals surface area contributed by atoms with Crippen LogP contribution in [0.2, 0.25) is 0 Å². The molecule has 2 heterocycles. The normalized spacial score (nSPS) is 12.6. The summed E-state index contributed by atoms with van der Waals surface area (Å²) < 4.78 is 108. The van der Waals surface area contributed by atoms with E-state index < -0.39 is 71.3 Å². The molecule has 24 nitrogen and oxygen atoms in total. The number of aliphatic hydroxyl groups excluding tert-OH is 4. The van der Waals surface area contributed by atoms with Gasteiger partial charge in [-0.3, -0.25) is 0 Å². The molecular formula is C31H38N11Na3O13S3. The maximum absolute atomic E-state index is 12.4. The zero-order chi connectivity index (χ0) is 42.8. The molecule has 0 spiro atoms. The topological polar surface area (TPSA) is 381 Å². The molecule has 4 aromatic rings. The van der Waals surface area contributed by atoms with Crippen molar-refractivity contribution in [2.45, 2.75) is 35.3 Å². The van der Waals surface area contributed by atoms with Crippen molar-refractivity contribution >= 4 is 83.6 Å². The van der Waals surface area contributed by atoms with Gasteiger partial charge in [-0.1, -0.05) is 31.2 Å². The van der Waals surface area contributed by atoms with Crippen LogP contribution in [0.25, 0.3) is 12.2 Å². The Kier molecular flexibility index (Phi) is 23.6. The Labute approximate surface area is 417 Å². The summed E-state index contributed by atoms with van der Waals surface area (Å²) in [6.45, 7) is -0.0179. The minimum Gasteiger partial charge on any atom is -0.748 e. The predicted molar refractivity (Wildman–Crippen MR) is 204 cm³/mol. The second-order valence-electron chi connectivity index (χ2n) is 12.1. The van der Waals surface area contributed by atoms with Gasteiger partial charge < -0.3 is 60.3 Å². The Morgan fingerprint density at radius 1 is 0.672 bits per heavy atom. The van der Waals surface area contributed by atoms with E-state index >= 15 is 0 Å². The number of nitrogens with zero attached hydrogens (tertiary/aromatic N) is 7. The molecular weight excluding hydrogens is 900 g/mol. The fourth-order valence-electron chi connectivity index (χ4n) is 4.65. The van der Waals surface area contributed by atoms with Gasteiger partial charge in [-0.05, 0) is 35.4 Å². The van der Waals surface area contributed by atoms with Gasteiger partial charge in [0.2, 0.25) is 29.7 Å². The molecule has 0 radical (unpaired) electrons. The molecule has 2 unspecified atom stereocenters. The van der Waals surface area contributed by atoms with E-state index in [4.69, 9.17) is 10.2 Å². The smallest absolute Gasteiger partial charge is 0.748 e. The van der Waals surface area contributed by atoms with E-state index in [1.54, 1.807) is 6.92 Å². The average Bonchev–Trinajstić information content (AvgIpc) is 3.16. The Hall–Kier alpha value is -2.23. The fraction of sp³-hybridized carbons (Fsp3) is 0.355. The molecule has 4 rings (SSSR count). The van der Waals surface area contributed by atoms with Crippen LogP contribution in [0.4, 0.5) is 41.1 Å². The van der Waals surface area contributed by atoms with Crippen molar-refractivity contribution in [3.05, 3.63) is 53.3 Å². The predicted octanol–water partition coefficient (Wildman–Crippen LogP) is -10.4. The van der Waals surface area contributed by atoms with Gasteiger partial charge >= 0.3 is 88.7 Å². The third-order valence-corrected chi connectivity index (χ3v) is 10.0. The molecule has 316 valence electrons. The Balaban J connectivity index is 0.00000620. The van der Waals surface area contributed by atoms with Crippen molar-refractivity contribution in [1.82, 2.24) is 29.9 Å². The Morgan fingerprint density at radius 2 is 1.08 bits per heavy atom. The number of hydrogen-bond donors (Lipinski definition) is 8. The van der Waals surface area contributed by atoms with Crippen LogP contribution in [0.3, 0.4) is 0 Å². The first-order valence-electron chi connectivity index (χ1n) is 16.8. The third-order valence-electron chi connectivity index (χ3n) is 7.57. The number of hydrogen-bond acceptors (Lipinski definition) is 24. The first-order valence-corrected chi connectivity index (χ1v) is 21.2. The zero-order valence-electron chi connectivity index (χ0n) is 33.5. The number of aryl methyl sites for hydroxylation is 1. The number of benzene rings is 2. The van der Waals surface area contributed by atoms with Crippen LogP contribution in [0.5, 0.6) is 0 Å². The molecule has 2 aromatic carbocycles. The average molecular weight is 938 g/mol. The van der Waals surface area contributed by atoms with Crippen LogP contribution in [-0.4, -0.2) is 147 Å². The van der Waals surface area contributed by atoms with Gasteiger partial charge in [0.25, 0.3) is 0 Å². The Morgan fingerprint density at radius 3 is 1.49 bits per heavy atom. The number of aromatic nitrogens is 6. The molecule has 0 fully saturated rings. The standard InChI is InChI=1S/C31H41N11O13S3.3Na/c1-3-26-36-27(32-14-22(45)16-43)38-29(37-26)34-20-8-6-18(24(12-20)57(50,51)52)4-5-19-7-9-21(13-25(19)58(53,54)55)35-30-39-28(33-15-23(46)17-44)40-31(41-30)42(2)10-11-56(47,48)49;;;/h4-9,12-13,22-23,43-46H,3,10-11,14-17H2,1-2H3,(H,47,48,49)(H,50,51,52)(H,53,54,55)(H2,32,34,36,37,38)(H2,33,35,39,40,41);;;/q;3*+1/p-3. The van der Waals surface area contributed by atoms with Gasteiger partial charge in [0, 0.05) is 44.5 Å². The number of nitrogens with one attached hydrogen (secondary N) is 4. The molecule has 30 heteroatoms. The SMILES string of the molecule is CCc1nc(NCC(O)CO)nc(Nc2ccc(C=Cc3ccc(Nc4nc(NCC(O)CO)nc(N(C)CCS(=O)(=O)[O-])n4)cc3S(=O)(=O)[O-])c(S(=O)(=O)[O-])c2)n1.[Na+].[Na+].[Na+]. The van der Waals surface area contributed by atoms with Gasteiger partial charge in [-0.2, -0.15) is 29.9 Å². The van der Waals surface area contributed by atoms with Crippen LogP contribution in [0, 0.1) is 0 Å². The second-order valence-corrected chi connectivity index (χ2v) is 16.4. The van der Waals surface area contributed by atoms with Crippen LogP contribution in [0.1, 0.15) is 23.9 Å². The summed E-state index contributed by atoms with van der Waals surface area (Å²) in [6, 6.07) is 7.01. The minimum atomic E-state index is -5.22. The van der Waals surface area contributed by atoms with Crippen LogP contribution >= 0.6 is 0 Å². The van der Waals surface area contributed by atoms with E-state index in [-0.39, 0.29) is 161 Å². The molecule has 0 saturated heterocycles. The van der Waals surface area contributed by atoms with Gasteiger partial charge in [-0.25, -0.2) is 25.3 Å². The quantitative estimate of drug-likeness (QED) is 0.0218. The number of rotatable bonds is 21. The van der Waals surface area contributed by atoms with E-state index in [1.165, 1.54) is 36.2 Å². The zero-order valence-corrected chi connectivity index (χ0v) is 42.0. The van der Waals surface area contributed by atoms with Crippen molar-refractivity contribution in [2.75, 3.05) is 71.8 Å². The van der Waals surface area contributed by atoms with Crippen molar-refractivity contribution < 1.29 is 148 Å². The van der Waals surface area contributed by atoms with E-state index in [0.717, 1.165) is 24.3 Å². The molecule has 0 aliphatic heterocycles. The summed E-state index contributed by atoms with van der Waals surface area (Å²) in [7, 11) is -13.6. The minimum absolute atomic E-state index is 0. The molecule has 2 atom stereocenters. The molecule has 0 saturated carbocycles. The summed E-state index contributed by atoms with van der Waals surface area (Å²) in [5, 5.41) is 48.4. The molecule has 0 aliphatic rings. The fourth-order valence-corrected chi connectivity index (χ4v) is 6.54. The molecule has 61 heavy (non-hydrogen) atoms. The summed E-state index contributed by atoms with van der Waals surface area (Å²) in [4.78, 5) is 24.6. The summed E-state index contributed by atoms with van der Waals surface area (Å²) >= 11 is 0. The van der Waals surface area contributed by atoms with Crippen molar-refractivity contribution in [1.29, 1.82) is 0 Å². The second kappa shape index (κ2) is 25.3. The van der Waals surface area contributed by atoms with Crippen molar-refractivity contribution in [2.24, 2.45) is 0 Å². The molecule has 2 aromatic heterocycles. The van der Waals surface area contributed by atoms with E-state index in [0.29, 0.717) is 12.2 Å². The summed E-state index contributed by atoms with van der Waals surface area (Å²) in [5.41, 5.74) is -0.387. The van der Waals surface area contributed by atoms with E-state index in [9.17, 15) is 49.1 Å². The van der Waals surface area contributed by atoms with E-state index in [2.05, 4.69) is 51.2 Å². The van der Waals surface area contributed by atoms with Crippen molar-refractivity contribution in [3.8, 4) is 0 Å². The van der Waals surface area contributed by atoms with Crippen LogP contribution in [-0.2, 0) is 36.8 Å². The Bertz CT molecular complexity index is 2460. The summed E-state index contributed by atoms with van der Waals surface area (Å²) in [5.74, 6) is -1.12. The molecule has 0 amide bonds. The number of anilines is 7. The maximum atomic E-state index is 12.4. The largest absolute Gasteiger partial charge is 1.00 e. The van der Waals surface area contributed by atoms with Gasteiger partial charge in [-0.15, -0.1) is 0 Å². The summed E-state index contributed by atoms with van der Waals surface area (Å²) in [6.07, 6.45) is 0.240. The first kappa shape index (κ1) is 56.8. The molecule has 8 N–H and O–H groups in total. The third kappa shape index (κ3) is 18.4. The number of aliphatic hydroxyl groups is 4. The van der Waals surface area contributed by atoms with Crippen molar-refractivity contribution in [3.63, 3.8) is 0 Å². The van der Waals surface area contributed by atoms with Gasteiger partial charge in [0.05, 0.1) is 51.1 Å². The molecule has 0 aliphatic carbocycles. The first-order chi connectivity index (χ1) is 27.2. The van der Waals surface area contributed by atoms with E-state index in [1.807, 2.05) is 0 Å². The van der Waals surface area contributed by atoms with Crippen LogP contribution in [0.15, 0.2) is 46.2 Å². The molecule has 0 bridgehead atoms. The van der Waals surface area contributed by atoms with Crippen LogP contribution < -0.4 is 115 Å².